The molecule has 0 fully saturated rings. The highest BCUT2D eigenvalue weighted by atomic mass is 16.6. The topological polar surface area (TPSA) is 108 Å². The highest BCUT2D eigenvalue weighted by molar-refractivity contribution is 5.92. The van der Waals surface area contributed by atoms with Gasteiger partial charge in [-0.25, -0.2) is 4.79 Å². The molecule has 0 aliphatic rings. The zero-order chi connectivity index (χ0) is 25.9. The van der Waals surface area contributed by atoms with Gasteiger partial charge in [0.1, 0.15) is 17.7 Å². The van der Waals surface area contributed by atoms with Crippen molar-refractivity contribution >= 4 is 17.9 Å². The minimum atomic E-state index is -1.25. The molecule has 0 saturated heterocycles. The molecule has 0 spiro atoms. The Morgan fingerprint density at radius 1 is 1.09 bits per heavy atom. The molecule has 8 nitrogen and oxygen atoms in total. The van der Waals surface area contributed by atoms with Gasteiger partial charge in [0.25, 0.3) is 0 Å². The lowest BCUT2D eigenvalue weighted by Crippen LogP contribution is -2.56. The van der Waals surface area contributed by atoms with E-state index in [1.54, 1.807) is 20.8 Å². The second kappa shape index (κ2) is 13.9. The monoisotopic (exact) mass is 477 g/mol. The van der Waals surface area contributed by atoms with Crippen molar-refractivity contribution in [1.29, 1.82) is 0 Å². The first kappa shape index (κ1) is 29.4. The Balaban J connectivity index is 3.38. The summed E-state index contributed by atoms with van der Waals surface area (Å²) in [5.74, 6) is -0.835. The van der Waals surface area contributed by atoms with Gasteiger partial charge in [0.15, 0.2) is 0 Å². The summed E-state index contributed by atoms with van der Waals surface area (Å²) in [6.45, 7) is 12.9. The lowest BCUT2D eigenvalue weighted by molar-refractivity contribution is -0.145. The van der Waals surface area contributed by atoms with Crippen molar-refractivity contribution in [3.05, 3.63) is 35.4 Å². The van der Waals surface area contributed by atoms with Crippen LogP contribution in [0.5, 0.6) is 0 Å². The van der Waals surface area contributed by atoms with Gasteiger partial charge < -0.3 is 25.4 Å². The molecule has 0 heterocycles. The van der Waals surface area contributed by atoms with Crippen LogP contribution < -0.4 is 10.6 Å². The summed E-state index contributed by atoms with van der Waals surface area (Å²) >= 11 is 0. The molecule has 0 bridgehead atoms. The highest BCUT2D eigenvalue weighted by Crippen LogP contribution is 2.26. The number of rotatable bonds is 12. The van der Waals surface area contributed by atoms with Crippen LogP contribution in [0.1, 0.15) is 84.9 Å². The van der Waals surface area contributed by atoms with Crippen LogP contribution in [-0.4, -0.2) is 58.8 Å². The number of alkyl carbamates (subject to hydrolysis) is 1. The number of hydrogen-bond acceptors (Lipinski definition) is 5. The van der Waals surface area contributed by atoms with E-state index < -0.39 is 36.3 Å². The van der Waals surface area contributed by atoms with Gasteiger partial charge in [-0.2, -0.15) is 0 Å². The molecule has 192 valence electrons. The van der Waals surface area contributed by atoms with Crippen molar-refractivity contribution in [2.24, 2.45) is 0 Å². The van der Waals surface area contributed by atoms with E-state index in [1.165, 1.54) is 4.90 Å². The third-order valence-electron chi connectivity index (χ3n) is 5.55. The number of amides is 3. The van der Waals surface area contributed by atoms with Crippen molar-refractivity contribution in [3.8, 4) is 0 Å². The molecule has 0 aliphatic carbocycles. The molecule has 3 amide bonds. The summed E-state index contributed by atoms with van der Waals surface area (Å²) in [4.78, 5) is 40.8. The Morgan fingerprint density at radius 3 is 2.18 bits per heavy atom. The molecule has 0 radical (unpaired) electrons. The molecule has 1 rings (SSSR count). The largest absolute Gasteiger partial charge is 0.444 e. The summed E-state index contributed by atoms with van der Waals surface area (Å²) in [6.07, 6.45) is 2.39. The van der Waals surface area contributed by atoms with Crippen molar-refractivity contribution in [2.45, 2.75) is 97.9 Å². The molecule has 8 heteroatoms. The predicted molar refractivity (Wildman–Crippen MR) is 133 cm³/mol. The number of carbonyl (C=O) groups is 3. The number of aliphatic hydroxyl groups is 1. The van der Waals surface area contributed by atoms with Crippen molar-refractivity contribution in [2.75, 3.05) is 13.2 Å². The molecule has 3 N–H and O–H groups in total. The summed E-state index contributed by atoms with van der Waals surface area (Å²) < 4.78 is 5.26. The van der Waals surface area contributed by atoms with Crippen molar-refractivity contribution < 1.29 is 24.2 Å². The van der Waals surface area contributed by atoms with Crippen LogP contribution >= 0.6 is 0 Å². The number of ether oxygens (including phenoxy) is 1. The number of benzene rings is 1. The second-order valence-corrected chi connectivity index (χ2v) is 9.53. The Hall–Kier alpha value is -2.61. The van der Waals surface area contributed by atoms with E-state index >= 15 is 0 Å². The van der Waals surface area contributed by atoms with Crippen LogP contribution in [0, 0.1) is 0 Å². The first-order valence-corrected chi connectivity index (χ1v) is 12.3. The molecular weight excluding hydrogens is 434 g/mol. The third-order valence-corrected chi connectivity index (χ3v) is 5.55. The zero-order valence-corrected chi connectivity index (χ0v) is 21.8. The Morgan fingerprint density at radius 2 is 1.71 bits per heavy atom. The standard InChI is InChI=1S/C26H43N3O5/c1-8-11-16-27-23(31)22(20-14-12-19(10-3)13-15-20)29(18(4)9-2)24(32)21(17-30)28-25(33)34-26(5,6)7/h12-15,18,21-22,30H,8-11,16-17H2,1-7H3,(H,27,31)(H,28,33). The minimum Gasteiger partial charge on any atom is -0.444 e. The average Bonchev–Trinajstić information content (AvgIpc) is 2.79. The zero-order valence-electron chi connectivity index (χ0n) is 21.8. The number of unbranched alkanes of at least 4 members (excludes halogenated alkanes) is 1. The highest BCUT2D eigenvalue weighted by Gasteiger charge is 2.38. The summed E-state index contributed by atoms with van der Waals surface area (Å²) in [7, 11) is 0. The van der Waals surface area contributed by atoms with E-state index in [9.17, 15) is 19.5 Å². The number of aryl methyl sites for hydroxylation is 1. The van der Waals surface area contributed by atoms with E-state index in [2.05, 4.69) is 10.6 Å². The molecule has 34 heavy (non-hydrogen) atoms. The van der Waals surface area contributed by atoms with E-state index in [4.69, 9.17) is 4.74 Å². The normalized spacial score (nSPS) is 14.0. The van der Waals surface area contributed by atoms with E-state index in [0.717, 1.165) is 24.8 Å². The molecule has 3 unspecified atom stereocenters. The molecule has 1 aromatic rings. The van der Waals surface area contributed by atoms with Gasteiger partial charge in [-0.05, 0) is 58.1 Å². The lowest BCUT2D eigenvalue weighted by Gasteiger charge is -2.38. The number of nitrogens with zero attached hydrogens (tertiary/aromatic N) is 1. The maximum atomic E-state index is 13.7. The number of nitrogens with one attached hydrogen (secondary N) is 2. The number of hydrogen-bond donors (Lipinski definition) is 3. The van der Waals surface area contributed by atoms with Gasteiger partial charge in [-0.1, -0.05) is 51.5 Å². The Bertz CT molecular complexity index is 789. The van der Waals surface area contributed by atoms with Crippen LogP contribution in [-0.2, 0) is 20.7 Å². The van der Waals surface area contributed by atoms with Gasteiger partial charge in [0.05, 0.1) is 6.61 Å². The average molecular weight is 478 g/mol. The van der Waals surface area contributed by atoms with Gasteiger partial charge >= 0.3 is 6.09 Å². The van der Waals surface area contributed by atoms with Crippen LogP contribution in [0.3, 0.4) is 0 Å². The molecule has 3 atom stereocenters. The Labute approximate surface area is 204 Å². The quantitative estimate of drug-likeness (QED) is 0.398. The number of aliphatic hydroxyl groups excluding tert-OH is 1. The van der Waals surface area contributed by atoms with Gasteiger partial charge in [-0.3, -0.25) is 9.59 Å². The first-order chi connectivity index (χ1) is 16.0. The first-order valence-electron chi connectivity index (χ1n) is 12.3. The fourth-order valence-electron chi connectivity index (χ4n) is 3.47. The SMILES string of the molecule is CCCCNC(=O)C(c1ccc(CC)cc1)N(C(=O)C(CO)NC(=O)OC(C)(C)C)C(C)CC. The molecule has 1 aromatic carbocycles. The lowest BCUT2D eigenvalue weighted by atomic mass is 9.98. The molecule has 0 aliphatic heterocycles. The van der Waals surface area contributed by atoms with E-state index in [-0.39, 0.29) is 11.9 Å². The summed E-state index contributed by atoms with van der Waals surface area (Å²) in [6, 6.07) is 5.15. The fourth-order valence-corrected chi connectivity index (χ4v) is 3.47. The minimum absolute atomic E-state index is 0.291. The van der Waals surface area contributed by atoms with E-state index in [1.807, 2.05) is 52.0 Å². The molecular formula is C26H43N3O5. The van der Waals surface area contributed by atoms with Crippen LogP contribution in [0.4, 0.5) is 4.79 Å². The maximum Gasteiger partial charge on any atom is 0.408 e. The van der Waals surface area contributed by atoms with Crippen molar-refractivity contribution in [1.82, 2.24) is 15.5 Å². The van der Waals surface area contributed by atoms with E-state index in [0.29, 0.717) is 18.5 Å². The predicted octanol–water partition coefficient (Wildman–Crippen LogP) is 3.72. The second-order valence-electron chi connectivity index (χ2n) is 9.53. The summed E-state index contributed by atoms with van der Waals surface area (Å²) in [5.41, 5.74) is 1.04. The fraction of sp³-hybridized carbons (Fsp3) is 0.654. The Kier molecular flexibility index (Phi) is 12.1. The van der Waals surface area contributed by atoms with Crippen LogP contribution in [0.2, 0.25) is 0 Å². The smallest absolute Gasteiger partial charge is 0.408 e. The molecule has 0 saturated carbocycles. The number of carbonyl (C=O) groups excluding carboxylic acids is 3. The van der Waals surface area contributed by atoms with Crippen molar-refractivity contribution in [3.63, 3.8) is 0 Å². The van der Waals surface area contributed by atoms with Gasteiger partial charge in [0, 0.05) is 12.6 Å². The third kappa shape index (κ3) is 8.97. The molecule has 0 aromatic heterocycles. The van der Waals surface area contributed by atoms with Gasteiger partial charge in [0.2, 0.25) is 11.8 Å². The van der Waals surface area contributed by atoms with Gasteiger partial charge in [-0.15, -0.1) is 0 Å². The van der Waals surface area contributed by atoms with Crippen LogP contribution in [0.15, 0.2) is 24.3 Å². The van der Waals surface area contributed by atoms with Crippen LogP contribution in [0.25, 0.3) is 0 Å². The maximum absolute atomic E-state index is 13.7. The summed E-state index contributed by atoms with van der Waals surface area (Å²) in [5, 5.41) is 15.4.